The molecule has 7 rings (SSSR count). The van der Waals surface area contributed by atoms with Crippen LogP contribution in [0, 0.1) is 23.7 Å². The van der Waals surface area contributed by atoms with Crippen LogP contribution in [0.15, 0.2) is 84.4 Å². The van der Waals surface area contributed by atoms with Gasteiger partial charge in [-0.15, -0.1) is 0 Å². The molecule has 11 heteroatoms. The van der Waals surface area contributed by atoms with Crippen LogP contribution in [0.5, 0.6) is 11.5 Å². The van der Waals surface area contributed by atoms with E-state index in [-0.39, 0.29) is 43.9 Å². The van der Waals surface area contributed by atoms with Crippen LogP contribution in [0.4, 0.5) is 5.69 Å². The van der Waals surface area contributed by atoms with Crippen molar-refractivity contribution in [2.24, 2.45) is 23.7 Å². The number of carboxylic acid groups (broad SMARTS) is 1. The largest absolute Gasteiger partial charge is 0.508 e. The monoisotopic (exact) mass is 668 g/mol. The molecule has 2 aliphatic heterocycles. The van der Waals surface area contributed by atoms with Crippen molar-refractivity contribution in [2.75, 3.05) is 18.6 Å². The van der Waals surface area contributed by atoms with Gasteiger partial charge in [-0.2, -0.15) is 0 Å². The Bertz CT molecular complexity index is 1890. The average molecular weight is 669 g/mol. The Morgan fingerprint density at radius 2 is 1.73 bits per heavy atom. The predicted octanol–water partition coefficient (Wildman–Crippen LogP) is 5.08. The zero-order valence-electron chi connectivity index (χ0n) is 26.0. The Kier molecular flexibility index (Phi) is 7.86. The first-order chi connectivity index (χ1) is 23.1. The molecule has 6 atom stereocenters. The normalized spacial score (nSPS) is 27.8. The van der Waals surface area contributed by atoms with E-state index in [9.17, 15) is 24.3 Å². The van der Waals surface area contributed by atoms with Gasteiger partial charge >= 0.3 is 5.97 Å². The summed E-state index contributed by atoms with van der Waals surface area (Å²) in [6.45, 7) is -0.0174. The fourth-order valence-electron chi connectivity index (χ4n) is 8.65. The number of aromatic hydroxyl groups is 1. The van der Waals surface area contributed by atoms with Gasteiger partial charge in [0.2, 0.25) is 23.6 Å². The lowest BCUT2D eigenvalue weighted by Gasteiger charge is -2.50. The number of aliphatic carboxylic acids is 1. The molecule has 4 amide bonds. The van der Waals surface area contributed by atoms with Gasteiger partial charge < -0.3 is 14.9 Å². The van der Waals surface area contributed by atoms with Crippen molar-refractivity contribution in [1.82, 2.24) is 4.90 Å². The minimum Gasteiger partial charge on any atom is -0.508 e. The molecular formula is C37H33ClN2O8. The number of hydrogen-bond donors (Lipinski definition) is 2. The first-order valence-electron chi connectivity index (χ1n) is 15.9. The summed E-state index contributed by atoms with van der Waals surface area (Å²) >= 11 is 6.35. The van der Waals surface area contributed by atoms with Gasteiger partial charge in [0.25, 0.3) is 0 Å². The van der Waals surface area contributed by atoms with Gasteiger partial charge in [0.15, 0.2) is 0 Å². The van der Waals surface area contributed by atoms with Gasteiger partial charge in [-0.1, -0.05) is 59.6 Å². The lowest BCUT2D eigenvalue weighted by molar-refractivity contribution is -0.142. The molecule has 3 fully saturated rings. The SMILES string of the molecule is COc1ccc(O)c(C2C3=CCC4C(=O)N(CCCC(=O)O)C(=O)C4C3CC3C(=O)N(c4cccc(Cl)c4)C(=O)C32c2ccccc2)c1. The van der Waals surface area contributed by atoms with Crippen molar-refractivity contribution in [1.29, 1.82) is 0 Å². The van der Waals surface area contributed by atoms with Crippen LogP contribution < -0.4 is 9.64 Å². The number of carboxylic acids is 1. The number of amides is 4. The maximum absolute atomic E-state index is 15.2. The molecule has 3 aromatic carbocycles. The standard InChI is InChI=1S/C37H33ClN2O8/c1-48-23-12-15-29(41)27(18-23)32-24-13-14-25-31(35(46)39(33(25)44)16-6-11-30(42)43)26(24)19-28-34(45)40(22-10-5-9-21(38)17-22)36(47)37(28,32)20-7-3-2-4-8-20/h2-5,7-10,12-13,15,17-18,25-26,28,31-32,41H,6,11,14,16,19H2,1H3,(H,42,43). The molecule has 2 N–H and O–H groups in total. The number of anilines is 1. The number of benzene rings is 3. The zero-order chi connectivity index (χ0) is 33.9. The highest BCUT2D eigenvalue weighted by molar-refractivity contribution is 6.32. The van der Waals surface area contributed by atoms with Crippen molar-refractivity contribution in [3.8, 4) is 11.5 Å². The molecule has 0 bridgehead atoms. The van der Waals surface area contributed by atoms with Crippen LogP contribution in [0.25, 0.3) is 0 Å². The summed E-state index contributed by atoms with van der Waals surface area (Å²) in [4.78, 5) is 71.2. The van der Waals surface area contributed by atoms with Crippen molar-refractivity contribution in [3.05, 3.63) is 101 Å². The van der Waals surface area contributed by atoms with E-state index in [2.05, 4.69) is 0 Å². The predicted molar refractivity (Wildman–Crippen MR) is 174 cm³/mol. The molecule has 6 unspecified atom stereocenters. The molecule has 246 valence electrons. The number of rotatable bonds is 8. The average Bonchev–Trinajstić information content (AvgIpc) is 3.46. The highest BCUT2D eigenvalue weighted by Crippen LogP contribution is 2.65. The summed E-state index contributed by atoms with van der Waals surface area (Å²) < 4.78 is 5.55. The molecule has 0 aromatic heterocycles. The van der Waals surface area contributed by atoms with E-state index in [4.69, 9.17) is 21.4 Å². The van der Waals surface area contributed by atoms with Crippen molar-refractivity contribution in [2.45, 2.75) is 37.0 Å². The van der Waals surface area contributed by atoms with Crippen LogP contribution in [0.3, 0.4) is 0 Å². The van der Waals surface area contributed by atoms with E-state index < -0.39 is 58.7 Å². The quantitative estimate of drug-likeness (QED) is 0.250. The third kappa shape index (κ3) is 4.64. The molecule has 4 aliphatic rings. The van der Waals surface area contributed by atoms with E-state index in [1.165, 1.54) is 18.1 Å². The van der Waals surface area contributed by atoms with Crippen LogP contribution >= 0.6 is 11.6 Å². The van der Waals surface area contributed by atoms with Gasteiger partial charge in [-0.05, 0) is 67.1 Å². The number of hydrogen-bond acceptors (Lipinski definition) is 7. The lowest BCUT2D eigenvalue weighted by Crippen LogP contribution is -2.53. The van der Waals surface area contributed by atoms with Crippen LogP contribution in [0.2, 0.25) is 5.02 Å². The van der Waals surface area contributed by atoms with Crippen LogP contribution in [-0.4, -0.2) is 58.4 Å². The third-order valence-corrected chi connectivity index (χ3v) is 10.8. The second-order valence-electron chi connectivity index (χ2n) is 12.8. The topological polar surface area (TPSA) is 142 Å². The minimum atomic E-state index is -1.54. The fraction of sp³-hybridized carbons (Fsp3) is 0.324. The number of carbonyl (C=O) groups excluding carboxylic acids is 4. The minimum absolute atomic E-state index is 0.0174. The Balaban J connectivity index is 1.45. The number of methoxy groups -OCH3 is 1. The number of allylic oxidation sites excluding steroid dienone is 2. The van der Waals surface area contributed by atoms with Gasteiger partial charge in [0, 0.05) is 29.5 Å². The number of ether oxygens (including phenoxy) is 1. The molecule has 2 heterocycles. The summed E-state index contributed by atoms with van der Waals surface area (Å²) in [6, 6.07) is 20.3. The molecular weight excluding hydrogens is 636 g/mol. The van der Waals surface area contributed by atoms with E-state index in [0.29, 0.717) is 33.2 Å². The lowest BCUT2D eigenvalue weighted by atomic mass is 9.49. The van der Waals surface area contributed by atoms with E-state index in [1.54, 1.807) is 48.5 Å². The first-order valence-corrected chi connectivity index (χ1v) is 16.3. The number of likely N-dealkylation sites (tertiary alicyclic amines) is 1. The Labute approximate surface area is 281 Å². The van der Waals surface area contributed by atoms with Gasteiger partial charge in [-0.3, -0.25) is 28.9 Å². The van der Waals surface area contributed by atoms with Crippen molar-refractivity contribution < 1.29 is 38.9 Å². The highest BCUT2D eigenvalue weighted by atomic mass is 35.5. The Morgan fingerprint density at radius 3 is 2.44 bits per heavy atom. The fourth-order valence-corrected chi connectivity index (χ4v) is 8.84. The van der Waals surface area contributed by atoms with Gasteiger partial charge in [0.05, 0.1) is 36.0 Å². The van der Waals surface area contributed by atoms with E-state index in [1.807, 2.05) is 24.3 Å². The number of fused-ring (bicyclic) bond motifs is 4. The third-order valence-electron chi connectivity index (χ3n) is 10.6. The maximum atomic E-state index is 15.2. The molecule has 48 heavy (non-hydrogen) atoms. The van der Waals surface area contributed by atoms with Crippen molar-refractivity contribution >= 4 is 46.9 Å². The first kappa shape index (κ1) is 31.6. The zero-order valence-corrected chi connectivity index (χ0v) is 26.8. The van der Waals surface area contributed by atoms with Gasteiger partial charge in [-0.25, -0.2) is 4.90 Å². The molecule has 2 aliphatic carbocycles. The maximum Gasteiger partial charge on any atom is 0.303 e. The second kappa shape index (κ2) is 11.9. The van der Waals surface area contributed by atoms with Crippen LogP contribution in [-0.2, 0) is 29.4 Å². The number of nitrogens with zero attached hydrogens (tertiary/aromatic N) is 2. The summed E-state index contributed by atoms with van der Waals surface area (Å²) in [5, 5.41) is 21.0. The number of halogens is 1. The smallest absolute Gasteiger partial charge is 0.303 e. The molecule has 10 nitrogen and oxygen atoms in total. The number of carbonyl (C=O) groups is 5. The van der Waals surface area contributed by atoms with E-state index in [0.717, 1.165) is 4.90 Å². The summed E-state index contributed by atoms with van der Waals surface area (Å²) in [7, 11) is 1.49. The van der Waals surface area contributed by atoms with Crippen LogP contribution in [0.1, 0.15) is 42.7 Å². The highest BCUT2D eigenvalue weighted by Gasteiger charge is 2.70. The van der Waals surface area contributed by atoms with Gasteiger partial charge in [0.1, 0.15) is 11.5 Å². The number of imide groups is 2. The Morgan fingerprint density at radius 1 is 0.958 bits per heavy atom. The summed E-state index contributed by atoms with van der Waals surface area (Å²) in [5.41, 5.74) is 0.411. The second-order valence-corrected chi connectivity index (χ2v) is 13.3. The number of phenols is 1. The molecule has 0 spiro atoms. The molecule has 2 saturated heterocycles. The molecule has 0 radical (unpaired) electrons. The summed E-state index contributed by atoms with van der Waals surface area (Å²) in [5.74, 6) is -6.41. The Hall–Kier alpha value is -4.96. The number of phenolic OH excluding ortho intramolecular Hbond substituents is 1. The molecule has 1 saturated carbocycles. The molecule has 3 aromatic rings. The van der Waals surface area contributed by atoms with E-state index >= 15 is 4.79 Å². The van der Waals surface area contributed by atoms with Crippen molar-refractivity contribution in [3.63, 3.8) is 0 Å². The summed E-state index contributed by atoms with van der Waals surface area (Å²) in [6.07, 6.45) is 2.16.